The van der Waals surface area contributed by atoms with E-state index in [4.69, 9.17) is 4.74 Å². The summed E-state index contributed by atoms with van der Waals surface area (Å²) in [5.74, 6) is 0.140. The molecule has 0 aromatic heterocycles. The molecule has 1 aromatic rings. The maximum absolute atomic E-state index is 12.5. The number of amides is 4. The number of rotatable bonds is 5. The monoisotopic (exact) mass is 415 g/mol. The van der Waals surface area contributed by atoms with Gasteiger partial charge in [0.05, 0.1) is 19.3 Å². The molecule has 9 nitrogen and oxygen atoms in total. The predicted octanol–water partition coefficient (Wildman–Crippen LogP) is 0.388. The lowest BCUT2D eigenvalue weighted by atomic mass is 10.0. The van der Waals surface area contributed by atoms with E-state index in [2.05, 4.69) is 20.9 Å². The third-order valence-electron chi connectivity index (χ3n) is 6.04. The van der Waals surface area contributed by atoms with Crippen molar-refractivity contribution in [3.05, 3.63) is 30.3 Å². The van der Waals surface area contributed by atoms with E-state index in [1.165, 1.54) is 0 Å². The molecule has 0 aliphatic carbocycles. The van der Waals surface area contributed by atoms with E-state index in [0.717, 1.165) is 5.69 Å². The number of benzene rings is 1. The molecule has 0 bridgehead atoms. The molecular formula is C21H29N5O4. The quantitative estimate of drug-likeness (QED) is 0.646. The highest BCUT2D eigenvalue weighted by atomic mass is 16.5. The Morgan fingerprint density at radius 1 is 1.17 bits per heavy atom. The minimum Gasteiger partial charge on any atom is -0.378 e. The molecule has 3 atom stereocenters. The number of fused-ring (bicyclic) bond motifs is 1. The lowest BCUT2D eigenvalue weighted by molar-refractivity contribution is -0.136. The molecule has 3 fully saturated rings. The summed E-state index contributed by atoms with van der Waals surface area (Å²) in [5.41, 5.74) is 0.725. The fourth-order valence-corrected chi connectivity index (χ4v) is 4.48. The van der Waals surface area contributed by atoms with Gasteiger partial charge in [0.1, 0.15) is 0 Å². The van der Waals surface area contributed by atoms with Crippen LogP contribution < -0.4 is 16.0 Å². The average Bonchev–Trinajstić information content (AvgIpc) is 3.19. The van der Waals surface area contributed by atoms with Crippen molar-refractivity contribution >= 4 is 23.5 Å². The van der Waals surface area contributed by atoms with E-state index in [9.17, 15) is 14.4 Å². The van der Waals surface area contributed by atoms with Crippen LogP contribution in [0.15, 0.2) is 30.3 Å². The van der Waals surface area contributed by atoms with E-state index in [0.29, 0.717) is 58.7 Å². The van der Waals surface area contributed by atoms with Crippen LogP contribution in [-0.4, -0.2) is 85.2 Å². The van der Waals surface area contributed by atoms with Gasteiger partial charge in [0.25, 0.3) is 0 Å². The summed E-state index contributed by atoms with van der Waals surface area (Å²) >= 11 is 0. The number of carbonyl (C=O) groups excluding carboxylic acids is 3. The number of morpholine rings is 1. The molecule has 3 aliphatic heterocycles. The second-order valence-corrected chi connectivity index (χ2v) is 8.04. The third-order valence-corrected chi connectivity index (χ3v) is 6.04. The van der Waals surface area contributed by atoms with Crippen LogP contribution in [0.4, 0.5) is 10.5 Å². The first-order chi connectivity index (χ1) is 14.6. The van der Waals surface area contributed by atoms with Gasteiger partial charge in [-0.15, -0.1) is 0 Å². The number of hydrogen-bond acceptors (Lipinski definition) is 5. The van der Waals surface area contributed by atoms with Gasteiger partial charge in [0.2, 0.25) is 11.8 Å². The van der Waals surface area contributed by atoms with Crippen molar-refractivity contribution in [2.75, 3.05) is 44.7 Å². The second-order valence-electron chi connectivity index (χ2n) is 8.04. The zero-order valence-electron chi connectivity index (χ0n) is 17.0. The van der Waals surface area contributed by atoms with Gasteiger partial charge in [-0.2, -0.15) is 0 Å². The average molecular weight is 415 g/mol. The molecule has 0 saturated carbocycles. The Morgan fingerprint density at radius 3 is 2.70 bits per heavy atom. The first kappa shape index (κ1) is 20.6. The molecule has 4 amide bonds. The molecule has 3 aliphatic rings. The Labute approximate surface area is 176 Å². The minimum absolute atomic E-state index is 0.00137. The highest BCUT2D eigenvalue weighted by Gasteiger charge is 2.43. The Hall–Kier alpha value is -2.65. The van der Waals surface area contributed by atoms with Crippen molar-refractivity contribution < 1.29 is 19.1 Å². The summed E-state index contributed by atoms with van der Waals surface area (Å²) in [5, 5.41) is 8.77. The first-order valence-electron chi connectivity index (χ1n) is 10.6. The summed E-state index contributed by atoms with van der Waals surface area (Å²) in [6.07, 6.45) is 1.72. The highest BCUT2D eigenvalue weighted by molar-refractivity contribution is 5.89. The largest absolute Gasteiger partial charge is 0.378 e. The van der Waals surface area contributed by atoms with Crippen LogP contribution in [0.2, 0.25) is 0 Å². The zero-order chi connectivity index (χ0) is 20.9. The van der Waals surface area contributed by atoms with Crippen molar-refractivity contribution in [3.63, 3.8) is 0 Å². The van der Waals surface area contributed by atoms with Gasteiger partial charge in [-0.05, 0) is 25.0 Å². The van der Waals surface area contributed by atoms with Gasteiger partial charge < -0.3 is 25.6 Å². The number of anilines is 1. The lowest BCUT2D eigenvalue weighted by Gasteiger charge is -2.37. The molecule has 1 aromatic carbocycles. The Morgan fingerprint density at radius 2 is 1.93 bits per heavy atom. The SMILES string of the molecule is O=C(Nc1ccccc1)N[C@@H]1C[C@H]2C(=O)NC[C@@H](CCC(=O)N3CCOCC3)N2C1. The standard InChI is InChI=1S/C21H29N5O4/c27-19(25-8-10-30-11-9-25)7-6-17-13-22-20(28)18-12-16(14-26(17)18)24-21(29)23-15-4-2-1-3-5-15/h1-5,16-18H,6-14H2,(H,22,28)(H2,23,24,29)/t16-,17-,18+/m1/s1. The van der Waals surface area contributed by atoms with Crippen molar-refractivity contribution in [2.24, 2.45) is 0 Å². The number of hydrogen-bond donors (Lipinski definition) is 3. The lowest BCUT2D eigenvalue weighted by Crippen LogP contribution is -2.58. The van der Waals surface area contributed by atoms with E-state index in [1.807, 2.05) is 35.2 Å². The van der Waals surface area contributed by atoms with Gasteiger partial charge in [-0.25, -0.2) is 4.79 Å². The van der Waals surface area contributed by atoms with E-state index in [1.54, 1.807) is 0 Å². The molecule has 3 saturated heterocycles. The van der Waals surface area contributed by atoms with E-state index < -0.39 is 0 Å². The van der Waals surface area contributed by atoms with E-state index in [-0.39, 0.29) is 36.0 Å². The minimum atomic E-state index is -0.273. The maximum Gasteiger partial charge on any atom is 0.319 e. The van der Waals surface area contributed by atoms with Crippen LogP contribution in [-0.2, 0) is 14.3 Å². The molecule has 3 N–H and O–H groups in total. The van der Waals surface area contributed by atoms with Crippen LogP contribution in [0.5, 0.6) is 0 Å². The number of piperazine rings is 1. The van der Waals surface area contributed by atoms with Crippen LogP contribution >= 0.6 is 0 Å². The Balaban J connectivity index is 1.29. The fourth-order valence-electron chi connectivity index (χ4n) is 4.48. The van der Waals surface area contributed by atoms with Crippen molar-refractivity contribution in [1.29, 1.82) is 0 Å². The molecule has 9 heteroatoms. The zero-order valence-corrected chi connectivity index (χ0v) is 17.0. The molecular weight excluding hydrogens is 386 g/mol. The second kappa shape index (κ2) is 9.44. The smallest absolute Gasteiger partial charge is 0.319 e. The predicted molar refractivity (Wildman–Crippen MR) is 111 cm³/mol. The number of nitrogens with one attached hydrogen (secondary N) is 3. The van der Waals surface area contributed by atoms with Crippen molar-refractivity contribution in [3.8, 4) is 0 Å². The van der Waals surface area contributed by atoms with Crippen LogP contribution in [0.1, 0.15) is 19.3 Å². The summed E-state index contributed by atoms with van der Waals surface area (Å²) in [4.78, 5) is 41.2. The highest BCUT2D eigenvalue weighted by Crippen LogP contribution is 2.26. The van der Waals surface area contributed by atoms with Gasteiger partial charge in [0, 0.05) is 50.4 Å². The van der Waals surface area contributed by atoms with Gasteiger partial charge in [-0.1, -0.05) is 18.2 Å². The number of carbonyl (C=O) groups is 3. The topological polar surface area (TPSA) is 103 Å². The van der Waals surface area contributed by atoms with Gasteiger partial charge in [0.15, 0.2) is 0 Å². The Bertz CT molecular complexity index is 768. The first-order valence-corrected chi connectivity index (χ1v) is 10.6. The number of ether oxygens (including phenoxy) is 1. The Kier molecular flexibility index (Phi) is 6.49. The van der Waals surface area contributed by atoms with Crippen molar-refractivity contribution in [2.45, 2.75) is 37.4 Å². The summed E-state index contributed by atoms with van der Waals surface area (Å²) < 4.78 is 5.30. The van der Waals surface area contributed by atoms with Crippen LogP contribution in [0.3, 0.4) is 0 Å². The molecule has 4 rings (SSSR count). The molecule has 162 valence electrons. The summed E-state index contributed by atoms with van der Waals surface area (Å²) in [6, 6.07) is 8.72. The normalized spacial score (nSPS) is 26.6. The van der Waals surface area contributed by atoms with Crippen molar-refractivity contribution in [1.82, 2.24) is 20.4 Å². The van der Waals surface area contributed by atoms with Gasteiger partial charge in [-0.3, -0.25) is 14.5 Å². The maximum atomic E-state index is 12.5. The van der Waals surface area contributed by atoms with Gasteiger partial charge >= 0.3 is 6.03 Å². The summed E-state index contributed by atoms with van der Waals surface area (Å²) in [7, 11) is 0. The molecule has 3 heterocycles. The molecule has 0 spiro atoms. The number of para-hydroxylation sites is 1. The van der Waals surface area contributed by atoms with Crippen LogP contribution in [0.25, 0.3) is 0 Å². The van der Waals surface area contributed by atoms with E-state index >= 15 is 0 Å². The molecule has 0 radical (unpaired) electrons. The fraction of sp³-hybridized carbons (Fsp3) is 0.571. The van der Waals surface area contributed by atoms with Crippen LogP contribution in [0, 0.1) is 0 Å². The summed E-state index contributed by atoms with van der Waals surface area (Å²) in [6.45, 7) is 3.63. The number of urea groups is 1. The third kappa shape index (κ3) is 4.91. The molecule has 30 heavy (non-hydrogen) atoms. The molecule has 0 unspecified atom stereocenters. The number of nitrogens with zero attached hydrogens (tertiary/aromatic N) is 2.